The van der Waals surface area contributed by atoms with Gasteiger partial charge in [-0.25, -0.2) is 0 Å². The second kappa shape index (κ2) is 2.18. The summed E-state index contributed by atoms with van der Waals surface area (Å²) in [6.07, 6.45) is 0. The number of hydrazine groups is 1. The van der Waals surface area contributed by atoms with E-state index in [1.807, 2.05) is 18.2 Å². The van der Waals surface area contributed by atoms with E-state index < -0.39 is 0 Å². The Labute approximate surface area is 65.4 Å². The Bertz CT molecular complexity index is 224. The Morgan fingerprint density at radius 3 is 3.00 bits per heavy atom. The van der Waals surface area contributed by atoms with Gasteiger partial charge in [-0.1, -0.05) is 31.0 Å². The number of fused-ring (bicyclic) bond motifs is 1. The molecule has 2 rings (SSSR count). The van der Waals surface area contributed by atoms with Gasteiger partial charge in [0.2, 0.25) is 0 Å². The number of hydrogen-bond donors (Lipinski definition) is 2. The maximum Gasteiger partial charge on any atom is 0.0562 e. The summed E-state index contributed by atoms with van der Waals surface area (Å²) in [5.74, 6) is 0. The quantitative estimate of drug-likeness (QED) is 0.550. The van der Waals surface area contributed by atoms with Gasteiger partial charge in [0.1, 0.15) is 0 Å². The highest BCUT2D eigenvalue weighted by atomic mass is 32.1. The number of benzene rings is 1. The van der Waals surface area contributed by atoms with Crippen LogP contribution in [0.3, 0.4) is 0 Å². The fourth-order valence-electron chi connectivity index (χ4n) is 1.11. The van der Waals surface area contributed by atoms with Crippen LogP contribution in [0.25, 0.3) is 0 Å². The highest BCUT2D eigenvalue weighted by Gasteiger charge is 2.12. The van der Waals surface area contributed by atoms with E-state index in [2.05, 4.69) is 24.3 Å². The van der Waals surface area contributed by atoms with Crippen LogP contribution in [0, 0.1) is 0 Å². The SMILES string of the molecule is SN1Cc2ccccc2N1. The lowest BCUT2D eigenvalue weighted by molar-refractivity contribution is 0.600. The fraction of sp³-hybridized carbons (Fsp3) is 0.143. The molecule has 1 aliphatic rings. The zero-order chi connectivity index (χ0) is 6.97. The smallest absolute Gasteiger partial charge is 0.0562 e. The number of nitrogens with zero attached hydrogens (tertiary/aromatic N) is 1. The largest absolute Gasteiger partial charge is 0.309 e. The standard InChI is InChI=1S/C7H8N2S/c10-9-5-6-3-1-2-4-7(6)8-9/h1-4,8,10H,5H2. The monoisotopic (exact) mass is 152 g/mol. The molecule has 0 saturated carbocycles. The van der Waals surface area contributed by atoms with Crippen LogP contribution in [0.4, 0.5) is 5.69 Å². The van der Waals surface area contributed by atoms with Crippen LogP contribution in [-0.4, -0.2) is 4.41 Å². The molecule has 1 aromatic carbocycles. The third kappa shape index (κ3) is 0.874. The minimum Gasteiger partial charge on any atom is -0.309 e. The molecule has 10 heavy (non-hydrogen) atoms. The molecule has 0 saturated heterocycles. The summed E-state index contributed by atoms with van der Waals surface area (Å²) in [5, 5.41) is 0. The van der Waals surface area contributed by atoms with Crippen molar-refractivity contribution >= 4 is 18.5 Å². The molecule has 1 N–H and O–H groups in total. The predicted molar refractivity (Wildman–Crippen MR) is 44.6 cm³/mol. The van der Waals surface area contributed by atoms with E-state index in [0.29, 0.717) is 0 Å². The fourth-order valence-corrected chi connectivity index (χ4v) is 1.37. The highest BCUT2D eigenvalue weighted by molar-refractivity contribution is 7.77. The predicted octanol–water partition coefficient (Wildman–Crippen LogP) is 1.67. The molecule has 0 unspecified atom stereocenters. The molecule has 0 atom stereocenters. The average molecular weight is 152 g/mol. The van der Waals surface area contributed by atoms with Gasteiger partial charge in [-0.3, -0.25) is 0 Å². The van der Waals surface area contributed by atoms with Gasteiger partial charge in [-0.05, 0) is 11.6 Å². The van der Waals surface area contributed by atoms with E-state index in [9.17, 15) is 0 Å². The Balaban J connectivity index is 2.42. The molecule has 0 amide bonds. The summed E-state index contributed by atoms with van der Waals surface area (Å²) in [6, 6.07) is 8.19. The van der Waals surface area contributed by atoms with Crippen molar-refractivity contribution in [1.82, 2.24) is 4.41 Å². The molecule has 1 heterocycles. The van der Waals surface area contributed by atoms with Crippen LogP contribution < -0.4 is 5.43 Å². The molecule has 0 spiro atoms. The zero-order valence-corrected chi connectivity index (χ0v) is 6.31. The summed E-state index contributed by atoms with van der Waals surface area (Å²) in [4.78, 5) is 0. The van der Waals surface area contributed by atoms with Crippen molar-refractivity contribution in [1.29, 1.82) is 0 Å². The second-order valence-electron chi connectivity index (χ2n) is 2.33. The average Bonchev–Trinajstić information content (AvgIpc) is 2.27. The second-order valence-corrected chi connectivity index (χ2v) is 2.81. The first-order valence-corrected chi connectivity index (χ1v) is 3.57. The van der Waals surface area contributed by atoms with Crippen LogP contribution in [0.2, 0.25) is 0 Å². The molecule has 0 fully saturated rings. The zero-order valence-electron chi connectivity index (χ0n) is 5.41. The van der Waals surface area contributed by atoms with Crippen molar-refractivity contribution in [3.05, 3.63) is 29.8 Å². The summed E-state index contributed by atoms with van der Waals surface area (Å²) in [7, 11) is 0. The maximum absolute atomic E-state index is 4.16. The first-order valence-electron chi connectivity index (χ1n) is 3.17. The Hall–Kier alpha value is -0.670. The van der Waals surface area contributed by atoms with Crippen molar-refractivity contribution in [2.24, 2.45) is 0 Å². The lowest BCUT2D eigenvalue weighted by Gasteiger charge is -2.04. The lowest BCUT2D eigenvalue weighted by atomic mass is 10.2. The van der Waals surface area contributed by atoms with Crippen molar-refractivity contribution in [3.63, 3.8) is 0 Å². The van der Waals surface area contributed by atoms with Crippen molar-refractivity contribution in [2.45, 2.75) is 6.54 Å². The number of para-hydroxylation sites is 1. The molecule has 0 aromatic heterocycles. The van der Waals surface area contributed by atoms with Gasteiger partial charge in [0, 0.05) is 0 Å². The number of anilines is 1. The molecule has 52 valence electrons. The molecular formula is C7H8N2S. The molecule has 1 aliphatic heterocycles. The van der Waals surface area contributed by atoms with Crippen LogP contribution in [-0.2, 0) is 6.54 Å². The van der Waals surface area contributed by atoms with E-state index in [-0.39, 0.29) is 0 Å². The molecule has 3 heteroatoms. The van der Waals surface area contributed by atoms with Crippen LogP contribution >= 0.6 is 12.8 Å². The van der Waals surface area contributed by atoms with Gasteiger partial charge in [0.15, 0.2) is 0 Å². The first kappa shape index (κ1) is 6.07. The molecule has 2 nitrogen and oxygen atoms in total. The maximum atomic E-state index is 4.16. The van der Waals surface area contributed by atoms with Gasteiger partial charge in [-0.15, -0.1) is 0 Å². The van der Waals surface area contributed by atoms with E-state index in [4.69, 9.17) is 0 Å². The minimum atomic E-state index is 0.874. The highest BCUT2D eigenvalue weighted by Crippen LogP contribution is 2.24. The van der Waals surface area contributed by atoms with E-state index in [0.717, 1.165) is 12.2 Å². The van der Waals surface area contributed by atoms with Crippen molar-refractivity contribution < 1.29 is 0 Å². The summed E-state index contributed by atoms with van der Waals surface area (Å²) in [5.41, 5.74) is 5.56. The van der Waals surface area contributed by atoms with Gasteiger partial charge < -0.3 is 5.43 Å². The van der Waals surface area contributed by atoms with Crippen LogP contribution in [0.5, 0.6) is 0 Å². The normalized spacial score (nSPS) is 16.5. The minimum absolute atomic E-state index is 0.874. The van der Waals surface area contributed by atoms with Gasteiger partial charge >= 0.3 is 0 Å². The topological polar surface area (TPSA) is 15.3 Å². The third-order valence-electron chi connectivity index (χ3n) is 1.59. The number of hydrogen-bond acceptors (Lipinski definition) is 3. The van der Waals surface area contributed by atoms with Gasteiger partial charge in [0.05, 0.1) is 12.2 Å². The summed E-state index contributed by atoms with van der Waals surface area (Å²) in [6.45, 7) is 0.874. The molecular weight excluding hydrogens is 144 g/mol. The van der Waals surface area contributed by atoms with Gasteiger partial charge in [0.25, 0.3) is 0 Å². The summed E-state index contributed by atoms with van der Waals surface area (Å²) >= 11 is 4.16. The molecule has 1 aromatic rings. The van der Waals surface area contributed by atoms with E-state index >= 15 is 0 Å². The lowest BCUT2D eigenvalue weighted by Crippen LogP contribution is -2.09. The van der Waals surface area contributed by atoms with E-state index in [1.165, 1.54) is 5.56 Å². The Morgan fingerprint density at radius 1 is 1.40 bits per heavy atom. The number of nitrogens with one attached hydrogen (secondary N) is 1. The van der Waals surface area contributed by atoms with Crippen LogP contribution in [0.1, 0.15) is 5.56 Å². The summed E-state index contributed by atoms with van der Waals surface area (Å²) < 4.78 is 1.77. The number of rotatable bonds is 0. The van der Waals surface area contributed by atoms with Crippen molar-refractivity contribution in [3.8, 4) is 0 Å². The number of thiol groups is 1. The first-order chi connectivity index (χ1) is 4.86. The molecule has 0 bridgehead atoms. The Morgan fingerprint density at radius 2 is 2.20 bits per heavy atom. The Kier molecular flexibility index (Phi) is 1.32. The van der Waals surface area contributed by atoms with Crippen LogP contribution in [0.15, 0.2) is 24.3 Å². The molecule has 0 radical (unpaired) electrons. The van der Waals surface area contributed by atoms with Crippen molar-refractivity contribution in [2.75, 3.05) is 5.43 Å². The molecule has 0 aliphatic carbocycles. The van der Waals surface area contributed by atoms with Gasteiger partial charge in [-0.2, -0.15) is 4.41 Å². The van der Waals surface area contributed by atoms with E-state index in [1.54, 1.807) is 4.41 Å². The third-order valence-corrected chi connectivity index (χ3v) is 1.83.